The highest BCUT2D eigenvalue weighted by atomic mass is 19.1. The summed E-state index contributed by atoms with van der Waals surface area (Å²) in [4.78, 5) is 27.2. The highest BCUT2D eigenvalue weighted by Crippen LogP contribution is 2.22. The van der Waals surface area contributed by atoms with Gasteiger partial charge in [-0.1, -0.05) is 18.2 Å². The molecule has 0 bridgehead atoms. The summed E-state index contributed by atoms with van der Waals surface area (Å²) in [5.74, 6) is -0.888. The van der Waals surface area contributed by atoms with E-state index in [-0.39, 0.29) is 17.6 Å². The predicted molar refractivity (Wildman–Crippen MR) is 104 cm³/mol. The number of ketones is 1. The number of hydrogen-bond acceptors (Lipinski definition) is 3. The van der Waals surface area contributed by atoms with Crippen LogP contribution in [0.4, 0.5) is 19.3 Å². The molecule has 0 saturated carbocycles. The highest BCUT2D eigenvalue weighted by Gasteiger charge is 2.23. The van der Waals surface area contributed by atoms with Crippen LogP contribution in [0.2, 0.25) is 0 Å². The van der Waals surface area contributed by atoms with Crippen LogP contribution in [0, 0.1) is 11.6 Å². The first-order chi connectivity index (χ1) is 13.5. The van der Waals surface area contributed by atoms with Crippen molar-refractivity contribution < 1.29 is 18.4 Å². The number of carbonyl (C=O) groups excluding carboxylic acids is 2. The Balaban J connectivity index is 1.49. The van der Waals surface area contributed by atoms with E-state index in [4.69, 9.17) is 0 Å². The Hall–Kier alpha value is -2.96. The summed E-state index contributed by atoms with van der Waals surface area (Å²) >= 11 is 0. The van der Waals surface area contributed by atoms with Crippen LogP contribution in [0.15, 0.2) is 42.5 Å². The van der Waals surface area contributed by atoms with Crippen molar-refractivity contribution in [3.8, 4) is 0 Å². The quantitative estimate of drug-likeness (QED) is 0.802. The topological polar surface area (TPSA) is 52.7 Å². The van der Waals surface area contributed by atoms with Crippen molar-refractivity contribution in [2.75, 3.05) is 37.6 Å². The van der Waals surface area contributed by atoms with Crippen LogP contribution >= 0.6 is 0 Å². The second-order valence-corrected chi connectivity index (χ2v) is 6.77. The molecular weight excluding hydrogens is 364 g/mol. The Morgan fingerprint density at radius 1 is 1.00 bits per heavy atom. The fraction of sp³-hybridized carbons (Fsp3) is 0.333. The Morgan fingerprint density at radius 2 is 1.71 bits per heavy atom. The molecule has 28 heavy (non-hydrogen) atoms. The molecule has 1 aliphatic rings. The van der Waals surface area contributed by atoms with Crippen LogP contribution in [0.3, 0.4) is 0 Å². The number of hydrogen-bond donors (Lipinski definition) is 1. The third-order valence-corrected chi connectivity index (χ3v) is 4.89. The van der Waals surface area contributed by atoms with Gasteiger partial charge in [0.05, 0.1) is 5.69 Å². The Kier molecular flexibility index (Phi) is 6.23. The van der Waals surface area contributed by atoms with Gasteiger partial charge in [0.1, 0.15) is 11.6 Å². The molecule has 7 heteroatoms. The minimum atomic E-state index is -0.435. The molecule has 0 unspecified atom stereocenters. The average molecular weight is 387 g/mol. The van der Waals surface area contributed by atoms with Gasteiger partial charge in [-0.3, -0.25) is 4.79 Å². The Morgan fingerprint density at radius 3 is 2.36 bits per heavy atom. The molecular formula is C21H23F2N3O2. The number of benzene rings is 2. The second-order valence-electron chi connectivity index (χ2n) is 6.77. The van der Waals surface area contributed by atoms with Gasteiger partial charge in [0, 0.05) is 38.3 Å². The van der Waals surface area contributed by atoms with Crippen molar-refractivity contribution in [3.05, 3.63) is 65.2 Å². The maximum absolute atomic E-state index is 14.3. The molecule has 1 heterocycles. The Bertz CT molecular complexity index is 864. The van der Waals surface area contributed by atoms with E-state index < -0.39 is 5.82 Å². The van der Waals surface area contributed by atoms with E-state index in [1.165, 1.54) is 19.1 Å². The van der Waals surface area contributed by atoms with Gasteiger partial charge < -0.3 is 15.1 Å². The van der Waals surface area contributed by atoms with Crippen molar-refractivity contribution in [3.63, 3.8) is 0 Å². The summed E-state index contributed by atoms with van der Waals surface area (Å²) in [5, 5.41) is 2.80. The van der Waals surface area contributed by atoms with Gasteiger partial charge in [-0.05, 0) is 43.2 Å². The summed E-state index contributed by atoms with van der Waals surface area (Å²) < 4.78 is 27.9. The third-order valence-electron chi connectivity index (χ3n) is 4.89. The minimum absolute atomic E-state index is 0.178. The van der Waals surface area contributed by atoms with Gasteiger partial charge in [0.15, 0.2) is 5.78 Å². The Labute approximate surface area is 162 Å². The monoisotopic (exact) mass is 387 g/mol. The predicted octanol–water partition coefficient (Wildman–Crippen LogP) is 3.24. The van der Waals surface area contributed by atoms with E-state index >= 15 is 0 Å². The molecule has 1 N–H and O–H groups in total. The molecule has 1 fully saturated rings. The van der Waals surface area contributed by atoms with Crippen LogP contribution in [0.5, 0.6) is 0 Å². The fourth-order valence-corrected chi connectivity index (χ4v) is 3.25. The molecule has 0 aliphatic carbocycles. The lowest BCUT2D eigenvalue weighted by atomic mass is 10.1. The van der Waals surface area contributed by atoms with Crippen LogP contribution in [-0.2, 0) is 6.42 Å². The molecule has 0 atom stereocenters. The molecule has 1 aliphatic heterocycles. The lowest BCUT2D eigenvalue weighted by Crippen LogP contribution is -2.52. The molecule has 3 rings (SSSR count). The zero-order chi connectivity index (χ0) is 20.1. The molecule has 2 aromatic carbocycles. The third kappa shape index (κ3) is 4.65. The van der Waals surface area contributed by atoms with E-state index in [9.17, 15) is 18.4 Å². The van der Waals surface area contributed by atoms with Gasteiger partial charge >= 0.3 is 6.03 Å². The standard InChI is InChI=1S/C21H23F2N3O2/c1-15(27)17-6-7-20(19(23)14-17)25-10-12-26(13-11-25)21(28)24-9-8-16-4-2-3-5-18(16)22/h2-7,14H,8-13H2,1H3,(H,24,28). The van der Waals surface area contributed by atoms with Crippen LogP contribution in [0.1, 0.15) is 22.8 Å². The van der Waals surface area contributed by atoms with Crippen molar-refractivity contribution >= 4 is 17.5 Å². The first-order valence-corrected chi connectivity index (χ1v) is 9.27. The molecule has 0 radical (unpaired) electrons. The summed E-state index contributed by atoms with van der Waals surface area (Å²) in [6.07, 6.45) is 0.423. The maximum atomic E-state index is 14.3. The van der Waals surface area contributed by atoms with Crippen molar-refractivity contribution in [1.82, 2.24) is 10.2 Å². The number of carbonyl (C=O) groups is 2. The van der Waals surface area contributed by atoms with E-state index in [1.807, 2.05) is 4.90 Å². The number of nitrogens with zero attached hydrogens (tertiary/aromatic N) is 2. The number of anilines is 1. The van der Waals surface area contributed by atoms with E-state index in [0.29, 0.717) is 56.0 Å². The second kappa shape index (κ2) is 8.82. The molecule has 148 valence electrons. The van der Waals surface area contributed by atoms with Crippen molar-refractivity contribution in [2.24, 2.45) is 0 Å². The van der Waals surface area contributed by atoms with Crippen LogP contribution in [0.25, 0.3) is 0 Å². The lowest BCUT2D eigenvalue weighted by molar-refractivity contribution is 0.101. The number of amides is 2. The van der Waals surface area contributed by atoms with Crippen LogP contribution in [-0.4, -0.2) is 49.4 Å². The maximum Gasteiger partial charge on any atom is 0.317 e. The van der Waals surface area contributed by atoms with Gasteiger partial charge in [0.2, 0.25) is 0 Å². The minimum Gasteiger partial charge on any atom is -0.366 e. The first kappa shape index (κ1) is 19.8. The van der Waals surface area contributed by atoms with E-state index in [1.54, 1.807) is 35.2 Å². The highest BCUT2D eigenvalue weighted by molar-refractivity contribution is 5.94. The molecule has 2 amide bonds. The molecule has 5 nitrogen and oxygen atoms in total. The van der Waals surface area contributed by atoms with E-state index in [0.717, 1.165) is 0 Å². The number of halogens is 2. The van der Waals surface area contributed by atoms with E-state index in [2.05, 4.69) is 5.32 Å². The zero-order valence-electron chi connectivity index (χ0n) is 15.8. The zero-order valence-corrected chi connectivity index (χ0v) is 15.8. The molecule has 2 aromatic rings. The van der Waals surface area contributed by atoms with Gasteiger partial charge in [-0.15, -0.1) is 0 Å². The number of Topliss-reactive ketones (excluding diaryl/α,β-unsaturated/α-hetero) is 1. The van der Waals surface area contributed by atoms with Crippen LogP contribution < -0.4 is 10.2 Å². The van der Waals surface area contributed by atoms with Crippen molar-refractivity contribution in [2.45, 2.75) is 13.3 Å². The number of piperazine rings is 1. The average Bonchev–Trinajstić information content (AvgIpc) is 2.69. The summed E-state index contributed by atoms with van der Waals surface area (Å²) in [6, 6.07) is 10.8. The molecule has 0 aromatic heterocycles. The van der Waals surface area contributed by atoms with Gasteiger partial charge in [0.25, 0.3) is 0 Å². The van der Waals surface area contributed by atoms with Crippen molar-refractivity contribution in [1.29, 1.82) is 0 Å². The van der Waals surface area contributed by atoms with Gasteiger partial charge in [-0.25, -0.2) is 13.6 Å². The smallest absolute Gasteiger partial charge is 0.317 e. The summed E-state index contributed by atoms with van der Waals surface area (Å²) in [6.45, 7) is 3.66. The SMILES string of the molecule is CC(=O)c1ccc(N2CCN(C(=O)NCCc3ccccc3F)CC2)c(F)c1. The number of nitrogens with one attached hydrogen (secondary N) is 1. The first-order valence-electron chi connectivity index (χ1n) is 9.27. The number of rotatable bonds is 5. The summed E-state index contributed by atoms with van der Waals surface area (Å²) in [7, 11) is 0. The normalized spacial score (nSPS) is 14.1. The fourth-order valence-electron chi connectivity index (χ4n) is 3.25. The summed E-state index contributed by atoms with van der Waals surface area (Å²) in [5.41, 5.74) is 1.34. The molecule has 0 spiro atoms. The largest absolute Gasteiger partial charge is 0.366 e. The number of urea groups is 1. The lowest BCUT2D eigenvalue weighted by Gasteiger charge is -2.36. The molecule has 1 saturated heterocycles. The van der Waals surface area contributed by atoms with Gasteiger partial charge in [-0.2, -0.15) is 0 Å².